The van der Waals surface area contributed by atoms with Crippen LogP contribution in [-0.4, -0.2) is 58.4 Å². The first-order valence-corrected chi connectivity index (χ1v) is 5.90. The average Bonchev–Trinajstić information content (AvgIpc) is 2.86. The quantitative estimate of drug-likeness (QED) is 0.704. The van der Waals surface area contributed by atoms with E-state index in [1.807, 2.05) is 0 Å². The molecule has 2 rings (SSSR count). The number of aliphatic hydroxyl groups is 1. The van der Waals surface area contributed by atoms with Crippen molar-refractivity contribution in [1.82, 2.24) is 4.90 Å². The van der Waals surface area contributed by atoms with Crippen LogP contribution in [0, 0.1) is 0 Å². The molecule has 0 spiro atoms. The molecule has 1 unspecified atom stereocenters. The summed E-state index contributed by atoms with van der Waals surface area (Å²) < 4.78 is 5.35. The van der Waals surface area contributed by atoms with E-state index >= 15 is 0 Å². The molecule has 0 bridgehead atoms. The van der Waals surface area contributed by atoms with Crippen molar-refractivity contribution in [3.63, 3.8) is 0 Å². The van der Waals surface area contributed by atoms with E-state index in [4.69, 9.17) is 9.84 Å². The topological polar surface area (TPSA) is 87.1 Å². The highest BCUT2D eigenvalue weighted by atomic mass is 16.5. The number of likely N-dealkylation sites (tertiary alicyclic amines) is 1. The van der Waals surface area contributed by atoms with Crippen molar-refractivity contribution >= 4 is 11.9 Å². The van der Waals surface area contributed by atoms with E-state index in [9.17, 15) is 14.7 Å². The summed E-state index contributed by atoms with van der Waals surface area (Å²) in [5.74, 6) is -1.29. The van der Waals surface area contributed by atoms with Crippen molar-refractivity contribution in [2.45, 2.75) is 43.9 Å². The highest BCUT2D eigenvalue weighted by Gasteiger charge is 2.39. The summed E-state index contributed by atoms with van der Waals surface area (Å²) in [6, 6.07) is -0.890. The molecular weight excluding hydrogens is 226 g/mol. The van der Waals surface area contributed by atoms with Crippen molar-refractivity contribution in [3.8, 4) is 0 Å². The third-order valence-corrected chi connectivity index (χ3v) is 3.31. The van der Waals surface area contributed by atoms with Gasteiger partial charge in [-0.05, 0) is 12.8 Å². The molecular formula is C11H17NO5. The molecule has 0 aromatic carbocycles. The Balaban J connectivity index is 1.94. The fourth-order valence-electron chi connectivity index (χ4n) is 2.44. The minimum absolute atomic E-state index is 0.0883. The zero-order valence-corrected chi connectivity index (χ0v) is 9.54. The number of carboxylic acid groups (broad SMARTS) is 1. The highest BCUT2D eigenvalue weighted by molar-refractivity contribution is 5.84. The molecule has 96 valence electrons. The molecule has 3 atom stereocenters. The second-order valence-electron chi connectivity index (χ2n) is 4.63. The third-order valence-electron chi connectivity index (χ3n) is 3.31. The summed E-state index contributed by atoms with van der Waals surface area (Å²) in [7, 11) is 0. The van der Waals surface area contributed by atoms with Crippen LogP contribution in [0.3, 0.4) is 0 Å². The molecule has 0 saturated carbocycles. The Hall–Kier alpha value is -1.14. The van der Waals surface area contributed by atoms with Crippen LogP contribution in [0.15, 0.2) is 0 Å². The molecule has 6 nitrogen and oxygen atoms in total. The summed E-state index contributed by atoms with van der Waals surface area (Å²) in [4.78, 5) is 24.2. The van der Waals surface area contributed by atoms with E-state index in [0.29, 0.717) is 6.61 Å². The Kier molecular flexibility index (Phi) is 3.63. The number of carboxylic acids is 1. The van der Waals surface area contributed by atoms with Crippen LogP contribution in [0.4, 0.5) is 0 Å². The lowest BCUT2D eigenvalue weighted by molar-refractivity contribution is -0.149. The summed E-state index contributed by atoms with van der Waals surface area (Å²) in [5, 5.41) is 18.4. The summed E-state index contributed by atoms with van der Waals surface area (Å²) in [6.07, 6.45) is 1.31. The number of nitrogens with zero attached hydrogens (tertiary/aromatic N) is 1. The molecule has 2 fully saturated rings. The maximum absolute atomic E-state index is 11.9. The first-order valence-electron chi connectivity index (χ1n) is 5.90. The number of rotatable bonds is 3. The largest absolute Gasteiger partial charge is 0.480 e. The Morgan fingerprint density at radius 2 is 2.18 bits per heavy atom. The van der Waals surface area contributed by atoms with E-state index in [0.717, 1.165) is 12.8 Å². The van der Waals surface area contributed by atoms with Gasteiger partial charge < -0.3 is 19.8 Å². The molecule has 2 aliphatic heterocycles. The van der Waals surface area contributed by atoms with Crippen LogP contribution >= 0.6 is 0 Å². The summed E-state index contributed by atoms with van der Waals surface area (Å²) >= 11 is 0. The second-order valence-corrected chi connectivity index (χ2v) is 4.63. The Morgan fingerprint density at radius 1 is 1.41 bits per heavy atom. The van der Waals surface area contributed by atoms with Gasteiger partial charge in [0.25, 0.3) is 0 Å². The van der Waals surface area contributed by atoms with Crippen molar-refractivity contribution in [2.24, 2.45) is 0 Å². The van der Waals surface area contributed by atoms with Crippen LogP contribution in [-0.2, 0) is 14.3 Å². The van der Waals surface area contributed by atoms with Gasteiger partial charge in [-0.1, -0.05) is 0 Å². The number of β-amino-alcohol motifs (C(OH)–C–C–N with tert-alkyl or cyclic N) is 1. The summed E-state index contributed by atoms with van der Waals surface area (Å²) in [5.41, 5.74) is 0. The minimum Gasteiger partial charge on any atom is -0.480 e. The first kappa shape index (κ1) is 12.3. The molecule has 0 aromatic heterocycles. The van der Waals surface area contributed by atoms with Crippen molar-refractivity contribution < 1.29 is 24.5 Å². The van der Waals surface area contributed by atoms with Gasteiger partial charge in [0.2, 0.25) is 5.91 Å². The number of aliphatic carboxylic acids is 1. The lowest BCUT2D eigenvalue weighted by Gasteiger charge is -2.22. The average molecular weight is 243 g/mol. The maximum atomic E-state index is 11.9. The smallest absolute Gasteiger partial charge is 0.326 e. The Labute approximate surface area is 99.2 Å². The van der Waals surface area contributed by atoms with Gasteiger partial charge in [0.15, 0.2) is 0 Å². The lowest BCUT2D eigenvalue weighted by Crippen LogP contribution is -2.41. The fourth-order valence-corrected chi connectivity index (χ4v) is 2.44. The fraction of sp³-hybridized carbons (Fsp3) is 0.818. The van der Waals surface area contributed by atoms with Gasteiger partial charge in [-0.3, -0.25) is 4.79 Å². The van der Waals surface area contributed by atoms with E-state index in [-0.39, 0.29) is 31.4 Å². The highest BCUT2D eigenvalue weighted by Crippen LogP contribution is 2.22. The van der Waals surface area contributed by atoms with Crippen molar-refractivity contribution in [1.29, 1.82) is 0 Å². The van der Waals surface area contributed by atoms with Crippen LogP contribution in [0.2, 0.25) is 0 Å². The zero-order valence-electron chi connectivity index (χ0n) is 9.54. The second kappa shape index (κ2) is 5.01. The SMILES string of the molecule is O=C(O)[C@@H]1C[C@@H](O)CN1C(=O)CC1CCCO1. The molecule has 2 N–H and O–H groups in total. The molecule has 2 heterocycles. The van der Waals surface area contributed by atoms with Gasteiger partial charge in [-0.2, -0.15) is 0 Å². The minimum atomic E-state index is -1.05. The number of hydrogen-bond donors (Lipinski definition) is 2. The number of carbonyl (C=O) groups is 2. The van der Waals surface area contributed by atoms with Gasteiger partial charge in [0.05, 0.1) is 18.6 Å². The van der Waals surface area contributed by atoms with Crippen molar-refractivity contribution in [2.75, 3.05) is 13.2 Å². The van der Waals surface area contributed by atoms with E-state index < -0.39 is 18.1 Å². The monoisotopic (exact) mass is 243 g/mol. The number of hydrogen-bond acceptors (Lipinski definition) is 4. The Bertz CT molecular complexity index is 313. The number of ether oxygens (including phenoxy) is 1. The van der Waals surface area contributed by atoms with E-state index in [2.05, 4.69) is 0 Å². The van der Waals surface area contributed by atoms with Gasteiger partial charge in [0, 0.05) is 19.6 Å². The first-order chi connectivity index (χ1) is 8.08. The Morgan fingerprint density at radius 3 is 2.76 bits per heavy atom. The molecule has 1 amide bonds. The van der Waals surface area contributed by atoms with Crippen LogP contribution in [0.1, 0.15) is 25.7 Å². The van der Waals surface area contributed by atoms with Crippen LogP contribution in [0.5, 0.6) is 0 Å². The predicted octanol–water partition coefficient (Wildman–Crippen LogP) is -0.398. The lowest BCUT2D eigenvalue weighted by atomic mass is 10.1. The maximum Gasteiger partial charge on any atom is 0.326 e. The molecule has 0 radical (unpaired) electrons. The standard InChI is InChI=1S/C11H17NO5/c13-7-4-9(11(15)16)12(6-7)10(14)5-8-2-1-3-17-8/h7-9,13H,1-6H2,(H,15,16)/t7-,8?,9+/m1/s1. The molecule has 17 heavy (non-hydrogen) atoms. The van der Waals surface area contributed by atoms with Gasteiger partial charge >= 0.3 is 5.97 Å². The zero-order chi connectivity index (χ0) is 12.4. The molecule has 6 heteroatoms. The van der Waals surface area contributed by atoms with Gasteiger partial charge in [0.1, 0.15) is 6.04 Å². The van der Waals surface area contributed by atoms with E-state index in [1.54, 1.807) is 0 Å². The van der Waals surface area contributed by atoms with Crippen molar-refractivity contribution in [3.05, 3.63) is 0 Å². The summed E-state index contributed by atoms with van der Waals surface area (Å²) in [6.45, 7) is 0.783. The molecule has 2 saturated heterocycles. The molecule has 2 aliphatic rings. The molecule has 0 aliphatic carbocycles. The number of amides is 1. The van der Waals surface area contributed by atoms with E-state index in [1.165, 1.54) is 4.90 Å². The third kappa shape index (κ3) is 2.76. The van der Waals surface area contributed by atoms with Crippen LogP contribution in [0.25, 0.3) is 0 Å². The van der Waals surface area contributed by atoms with Crippen LogP contribution < -0.4 is 0 Å². The normalized spacial score (nSPS) is 33.0. The van der Waals surface area contributed by atoms with Gasteiger partial charge in [-0.15, -0.1) is 0 Å². The van der Waals surface area contributed by atoms with Gasteiger partial charge in [-0.25, -0.2) is 4.79 Å². The predicted molar refractivity (Wildman–Crippen MR) is 57.4 cm³/mol. The molecule has 0 aromatic rings. The number of carbonyl (C=O) groups excluding carboxylic acids is 1. The number of aliphatic hydroxyl groups excluding tert-OH is 1.